The highest BCUT2D eigenvalue weighted by atomic mass is 16.3. The van der Waals surface area contributed by atoms with E-state index in [4.69, 9.17) is 0 Å². The van der Waals surface area contributed by atoms with Crippen molar-refractivity contribution in [2.24, 2.45) is 0 Å². The normalized spacial score (nSPS) is 12.8. The van der Waals surface area contributed by atoms with Gasteiger partial charge in [-0.25, -0.2) is 0 Å². The summed E-state index contributed by atoms with van der Waals surface area (Å²) in [6.07, 6.45) is 1.45. The molecular weight excluding hydrogens is 498 g/mol. The van der Waals surface area contributed by atoms with E-state index in [0.29, 0.717) is 13.0 Å². The third-order valence-corrected chi connectivity index (χ3v) is 7.30. The number of likely N-dealkylation sites (N-methyl/N-ethyl adjacent to an activating group) is 1. The van der Waals surface area contributed by atoms with Crippen LogP contribution in [0.5, 0.6) is 11.5 Å². The molecule has 0 spiro atoms. The number of aromatic hydroxyl groups is 2. The molecule has 5 aromatic rings. The number of nitrogens with one attached hydrogen (secondary N) is 3. The molecule has 40 heavy (non-hydrogen) atoms. The van der Waals surface area contributed by atoms with Gasteiger partial charge in [-0.05, 0) is 64.7 Å². The fourth-order valence-electron chi connectivity index (χ4n) is 5.41. The average Bonchev–Trinajstić information content (AvgIpc) is 2.95. The summed E-state index contributed by atoms with van der Waals surface area (Å²) in [4.78, 5) is 13.2. The Morgan fingerprint density at radius 2 is 1.20 bits per heavy atom. The number of amides is 1. The van der Waals surface area contributed by atoms with Crippen LogP contribution >= 0.6 is 0 Å². The lowest BCUT2D eigenvalue weighted by Gasteiger charge is -2.25. The fourth-order valence-corrected chi connectivity index (χ4v) is 5.41. The fraction of sp³-hybridized carbons (Fsp3) is 0.206. The molecule has 0 bridgehead atoms. The highest BCUT2D eigenvalue weighted by Crippen LogP contribution is 2.23. The highest BCUT2D eigenvalue weighted by molar-refractivity contribution is 5.95. The van der Waals surface area contributed by atoms with E-state index in [-0.39, 0.29) is 35.1 Å². The molecule has 204 valence electrons. The van der Waals surface area contributed by atoms with Crippen molar-refractivity contribution in [2.75, 3.05) is 20.1 Å². The van der Waals surface area contributed by atoms with Gasteiger partial charge in [0.1, 0.15) is 11.5 Å². The maximum absolute atomic E-state index is 13.2. The number of carbonyl (C=O) groups is 1. The molecule has 0 fully saturated rings. The van der Waals surface area contributed by atoms with Crippen LogP contribution < -0.4 is 16.0 Å². The lowest BCUT2D eigenvalue weighted by atomic mass is 9.97. The monoisotopic (exact) mass is 533 g/mol. The molecule has 5 aromatic carbocycles. The Balaban J connectivity index is 1.38. The molecule has 0 unspecified atom stereocenters. The van der Waals surface area contributed by atoms with Crippen molar-refractivity contribution >= 4 is 27.5 Å². The number of fused-ring (bicyclic) bond motifs is 2. The largest absolute Gasteiger partial charge is 0.508 e. The van der Waals surface area contributed by atoms with Crippen LogP contribution in [0.2, 0.25) is 0 Å². The number of benzene rings is 5. The van der Waals surface area contributed by atoms with E-state index in [9.17, 15) is 15.0 Å². The van der Waals surface area contributed by atoms with Gasteiger partial charge in [-0.15, -0.1) is 0 Å². The molecule has 6 nitrogen and oxygen atoms in total. The maximum Gasteiger partial charge on any atom is 0.251 e. The molecule has 0 aromatic heterocycles. The first-order valence-electron chi connectivity index (χ1n) is 13.7. The van der Waals surface area contributed by atoms with Gasteiger partial charge in [0.2, 0.25) is 0 Å². The summed E-state index contributed by atoms with van der Waals surface area (Å²) >= 11 is 0. The second-order valence-corrected chi connectivity index (χ2v) is 10.3. The lowest BCUT2D eigenvalue weighted by Crippen LogP contribution is -2.48. The van der Waals surface area contributed by atoms with E-state index < -0.39 is 0 Å². The first kappa shape index (κ1) is 27.2. The van der Waals surface area contributed by atoms with Gasteiger partial charge >= 0.3 is 0 Å². The molecule has 0 radical (unpaired) electrons. The second-order valence-electron chi connectivity index (χ2n) is 10.3. The summed E-state index contributed by atoms with van der Waals surface area (Å²) in [5, 5.41) is 34.8. The molecule has 0 aliphatic heterocycles. The van der Waals surface area contributed by atoms with Gasteiger partial charge in [0.25, 0.3) is 5.91 Å². The van der Waals surface area contributed by atoms with Gasteiger partial charge in [-0.2, -0.15) is 0 Å². The number of phenolic OH excluding ortho intramolecular Hbond substituents is 2. The molecule has 0 aliphatic carbocycles. The topological polar surface area (TPSA) is 93.6 Å². The van der Waals surface area contributed by atoms with Crippen molar-refractivity contribution in [1.82, 2.24) is 16.0 Å². The minimum Gasteiger partial charge on any atom is -0.508 e. The number of hydrogen-bond acceptors (Lipinski definition) is 5. The maximum atomic E-state index is 13.2. The molecule has 0 saturated heterocycles. The Morgan fingerprint density at radius 1 is 0.675 bits per heavy atom. The van der Waals surface area contributed by atoms with Gasteiger partial charge < -0.3 is 26.2 Å². The molecule has 1 amide bonds. The third kappa shape index (κ3) is 6.60. The Hall–Kier alpha value is -4.39. The van der Waals surface area contributed by atoms with Gasteiger partial charge in [0.05, 0.1) is 0 Å². The van der Waals surface area contributed by atoms with Crippen molar-refractivity contribution in [3.8, 4) is 11.5 Å². The van der Waals surface area contributed by atoms with Crippen LogP contribution in [0.15, 0.2) is 103 Å². The second kappa shape index (κ2) is 12.6. The Labute approximate surface area is 234 Å². The lowest BCUT2D eigenvalue weighted by molar-refractivity contribution is 0.0935. The minimum absolute atomic E-state index is 0.132. The molecule has 5 rings (SSSR count). The SMILES string of the molecule is CNC[C@H](Cc1cccc2ccccc12)NC[C@H](Cc1cccc2ccccc12)NC(=O)c1cc(O)cc(O)c1. The predicted molar refractivity (Wildman–Crippen MR) is 162 cm³/mol. The number of carbonyl (C=O) groups excluding carboxylic acids is 1. The van der Waals surface area contributed by atoms with E-state index in [1.807, 2.05) is 25.2 Å². The zero-order valence-corrected chi connectivity index (χ0v) is 22.6. The predicted octanol–water partition coefficient (Wildman–Crippen LogP) is 5.17. The summed E-state index contributed by atoms with van der Waals surface area (Å²) in [6, 6.07) is 33.1. The summed E-state index contributed by atoms with van der Waals surface area (Å²) in [5.41, 5.74) is 2.63. The molecule has 6 heteroatoms. The Morgan fingerprint density at radius 3 is 1.77 bits per heavy atom. The van der Waals surface area contributed by atoms with E-state index in [1.165, 1.54) is 34.5 Å². The van der Waals surface area contributed by atoms with Crippen molar-refractivity contribution in [3.05, 3.63) is 120 Å². The van der Waals surface area contributed by atoms with Gasteiger partial charge in [0, 0.05) is 36.8 Å². The quantitative estimate of drug-likeness (QED) is 0.162. The molecular formula is C34H35N3O3. The van der Waals surface area contributed by atoms with E-state index in [2.05, 4.69) is 82.7 Å². The van der Waals surface area contributed by atoms with E-state index in [1.54, 1.807) is 0 Å². The van der Waals surface area contributed by atoms with Crippen LogP contribution in [0.4, 0.5) is 0 Å². The standard InChI is InChI=1S/C34H35N3O3/c1-35-21-28(16-25-12-6-10-23-8-2-4-14-32(23)25)36-22-29(37-34(40)27-18-30(38)20-31(39)19-27)17-26-13-7-11-24-9-3-5-15-33(24)26/h2-15,18-20,28-29,35-36,38-39H,16-17,21-22H2,1H3,(H,37,40)/t28-,29-/m0/s1. The van der Waals surface area contributed by atoms with E-state index >= 15 is 0 Å². The summed E-state index contributed by atoms with van der Waals surface area (Å²) in [7, 11) is 1.95. The van der Waals surface area contributed by atoms with Crippen LogP contribution in [-0.4, -0.2) is 48.3 Å². The van der Waals surface area contributed by atoms with Crippen LogP contribution in [0.1, 0.15) is 21.5 Å². The van der Waals surface area contributed by atoms with Crippen molar-refractivity contribution in [3.63, 3.8) is 0 Å². The Bertz CT molecular complexity index is 1590. The molecule has 5 N–H and O–H groups in total. The zero-order chi connectivity index (χ0) is 27.9. The van der Waals surface area contributed by atoms with E-state index in [0.717, 1.165) is 29.3 Å². The van der Waals surface area contributed by atoms with Crippen LogP contribution in [0, 0.1) is 0 Å². The van der Waals surface area contributed by atoms with Crippen LogP contribution in [-0.2, 0) is 12.8 Å². The molecule has 0 heterocycles. The summed E-state index contributed by atoms with van der Waals surface area (Å²) < 4.78 is 0. The molecule has 2 atom stereocenters. The first-order valence-corrected chi connectivity index (χ1v) is 13.7. The molecule has 0 saturated carbocycles. The average molecular weight is 534 g/mol. The molecule has 0 aliphatic rings. The third-order valence-electron chi connectivity index (χ3n) is 7.30. The zero-order valence-electron chi connectivity index (χ0n) is 22.6. The Kier molecular flexibility index (Phi) is 8.59. The highest BCUT2D eigenvalue weighted by Gasteiger charge is 2.19. The summed E-state index contributed by atoms with van der Waals surface area (Å²) in [6.45, 7) is 1.30. The van der Waals surface area contributed by atoms with Crippen LogP contribution in [0.25, 0.3) is 21.5 Å². The number of hydrogen-bond donors (Lipinski definition) is 5. The smallest absolute Gasteiger partial charge is 0.251 e. The van der Waals surface area contributed by atoms with Crippen molar-refractivity contribution in [1.29, 1.82) is 0 Å². The van der Waals surface area contributed by atoms with Gasteiger partial charge in [-0.1, -0.05) is 84.9 Å². The van der Waals surface area contributed by atoms with Gasteiger partial charge in [0.15, 0.2) is 0 Å². The van der Waals surface area contributed by atoms with Crippen LogP contribution in [0.3, 0.4) is 0 Å². The van der Waals surface area contributed by atoms with Gasteiger partial charge in [-0.3, -0.25) is 4.79 Å². The first-order chi connectivity index (χ1) is 19.5. The number of rotatable bonds is 11. The van der Waals surface area contributed by atoms with Crippen molar-refractivity contribution in [2.45, 2.75) is 24.9 Å². The summed E-state index contributed by atoms with van der Waals surface area (Å²) in [5.74, 6) is -0.659. The minimum atomic E-state index is -0.350. The van der Waals surface area contributed by atoms with Crippen molar-refractivity contribution < 1.29 is 15.0 Å². The number of phenols is 2.